The second-order valence-corrected chi connectivity index (χ2v) is 8.53. The maximum Gasteiger partial charge on any atom is 0.507 e. The zero-order valence-corrected chi connectivity index (χ0v) is 17.1. The van der Waals surface area contributed by atoms with Crippen LogP contribution in [-0.2, 0) is 9.45 Å². The lowest BCUT2D eigenvalue weighted by Gasteiger charge is -2.39. The summed E-state index contributed by atoms with van der Waals surface area (Å²) in [5.74, 6) is -0.0195. The van der Waals surface area contributed by atoms with Crippen LogP contribution in [0.25, 0.3) is 0 Å². The van der Waals surface area contributed by atoms with Gasteiger partial charge < -0.3 is 14.9 Å². The summed E-state index contributed by atoms with van der Waals surface area (Å²) in [7, 11) is 1.66. The summed E-state index contributed by atoms with van der Waals surface area (Å²) in [6, 6.07) is 19.2. The van der Waals surface area contributed by atoms with Crippen LogP contribution in [0, 0.1) is 0 Å². The molecule has 2 N–H and O–H groups in total. The Labute approximate surface area is 173 Å². The Bertz CT molecular complexity index is 870. The van der Waals surface area contributed by atoms with E-state index >= 15 is 0 Å². The number of rotatable bonds is 4. The number of halogens is 3. The van der Waals surface area contributed by atoms with E-state index < -0.39 is 10.3 Å². The van der Waals surface area contributed by atoms with Crippen molar-refractivity contribution in [3.8, 4) is 0 Å². The molecule has 0 atom stereocenters. The Morgan fingerprint density at radius 2 is 1.48 bits per heavy atom. The Hall–Kier alpha value is -1.95. The molecule has 0 radical (unpaired) electrons. The zero-order valence-electron chi connectivity index (χ0n) is 14.8. The minimum absolute atomic E-state index is 0.182. The number of nitrogens with one attached hydrogen (secondary N) is 2. The number of carbonyl (C=O) groups excluding carboxylic acids is 1. The molecule has 0 unspecified atom stereocenters. The van der Waals surface area contributed by atoms with Crippen molar-refractivity contribution in [2.45, 2.75) is 10.7 Å². The molecule has 8 heteroatoms. The fourth-order valence-electron chi connectivity index (χ4n) is 3.34. The van der Waals surface area contributed by atoms with Gasteiger partial charge in [0.25, 0.3) is 3.79 Å². The van der Waals surface area contributed by atoms with Crippen LogP contribution in [0.15, 0.2) is 72.1 Å². The van der Waals surface area contributed by atoms with Crippen molar-refractivity contribution in [1.82, 2.24) is 5.32 Å². The number of carbonyl (C=O) groups is 1. The lowest BCUT2D eigenvalue weighted by Crippen LogP contribution is -3.03. The first kappa shape index (κ1) is 19.8. The van der Waals surface area contributed by atoms with E-state index in [9.17, 15) is 4.79 Å². The van der Waals surface area contributed by atoms with E-state index in [2.05, 4.69) is 10.2 Å². The number of hydrogen-bond acceptors (Lipinski definition) is 3. The first-order chi connectivity index (χ1) is 12.8. The average Bonchev–Trinajstić information content (AvgIpc) is 2.67. The van der Waals surface area contributed by atoms with Gasteiger partial charge in [0.1, 0.15) is 5.57 Å². The summed E-state index contributed by atoms with van der Waals surface area (Å²) >= 11 is 18.7. The summed E-state index contributed by atoms with van der Waals surface area (Å²) in [4.78, 5) is 15.6. The molecule has 27 heavy (non-hydrogen) atoms. The molecule has 1 aliphatic rings. The van der Waals surface area contributed by atoms with Gasteiger partial charge in [0.2, 0.25) is 0 Å². The van der Waals surface area contributed by atoms with Crippen LogP contribution >= 0.6 is 34.8 Å². The van der Waals surface area contributed by atoms with Crippen LogP contribution in [0.4, 0.5) is 0 Å². The fraction of sp³-hybridized carbons (Fsp3) is 0.158. The van der Waals surface area contributed by atoms with E-state index in [0.29, 0.717) is 0 Å². The normalized spacial score (nSPS) is 16.4. The number of alkyl halides is 3. The zero-order chi connectivity index (χ0) is 19.7. The van der Waals surface area contributed by atoms with E-state index in [-0.39, 0.29) is 23.0 Å². The number of ketones is 1. The quantitative estimate of drug-likeness (QED) is 0.574. The van der Waals surface area contributed by atoms with Crippen LogP contribution in [0.5, 0.6) is 0 Å². The van der Waals surface area contributed by atoms with Crippen LogP contribution in [-0.4, -0.2) is 28.8 Å². The van der Waals surface area contributed by atoms with E-state index in [4.69, 9.17) is 39.5 Å². The molecule has 3 rings (SSSR count). The Kier molecular flexibility index (Phi) is 5.56. The van der Waals surface area contributed by atoms with E-state index in [1.807, 2.05) is 60.7 Å². The largest absolute Gasteiger partial charge is 0.638 e. The summed E-state index contributed by atoms with van der Waals surface area (Å²) in [6.07, 6.45) is 0. The number of hydrogen-bond donors (Lipinski definition) is 2. The second kappa shape index (κ2) is 7.59. The van der Waals surface area contributed by atoms with Gasteiger partial charge in [0, 0.05) is 7.05 Å². The smallest absolute Gasteiger partial charge is 0.507 e. The Morgan fingerprint density at radius 1 is 1.00 bits per heavy atom. The van der Waals surface area contributed by atoms with Gasteiger partial charge in [-0.1, -0.05) is 106 Å². The van der Waals surface area contributed by atoms with Gasteiger partial charge in [-0.05, 0) is 6.92 Å². The second-order valence-electron chi connectivity index (χ2n) is 6.25. The molecule has 0 fully saturated rings. The Morgan fingerprint density at radius 3 is 1.85 bits per heavy atom. The van der Waals surface area contributed by atoms with Gasteiger partial charge in [-0.3, -0.25) is 4.79 Å². The molecule has 0 spiro atoms. The van der Waals surface area contributed by atoms with Crippen LogP contribution < -0.4 is 21.1 Å². The third kappa shape index (κ3) is 3.72. The monoisotopic (exact) mass is 422 g/mol. The molecule has 1 aliphatic heterocycles. The van der Waals surface area contributed by atoms with Crippen LogP contribution in [0.3, 0.4) is 0 Å². The third-order valence-electron chi connectivity index (χ3n) is 4.52. The number of Topliss-reactive ketones (excluding diaryl/α,β-unsaturated/α-hetero) is 1. The van der Waals surface area contributed by atoms with E-state index in [1.165, 1.54) is 6.92 Å². The minimum Gasteiger partial charge on any atom is -0.638 e. The van der Waals surface area contributed by atoms with Gasteiger partial charge >= 0.3 is 6.48 Å². The first-order valence-corrected chi connectivity index (χ1v) is 9.53. The van der Waals surface area contributed by atoms with Gasteiger partial charge in [-0.25, -0.2) is 0 Å². The molecule has 0 saturated heterocycles. The topological polar surface area (TPSA) is 52.3 Å². The summed E-state index contributed by atoms with van der Waals surface area (Å²) in [6.45, 7) is -0.639. The van der Waals surface area contributed by atoms with Crippen molar-refractivity contribution in [3.63, 3.8) is 0 Å². The molecule has 0 saturated carbocycles. The molecule has 0 bridgehead atoms. The van der Waals surface area contributed by atoms with Crippen LogP contribution in [0.2, 0.25) is 0 Å². The van der Waals surface area contributed by atoms with Crippen molar-refractivity contribution >= 4 is 63.7 Å². The highest BCUT2D eigenvalue weighted by Crippen LogP contribution is 2.31. The lowest BCUT2D eigenvalue weighted by atomic mass is 9.42. The maximum absolute atomic E-state index is 12.3. The van der Waals surface area contributed by atoms with Gasteiger partial charge in [0.15, 0.2) is 17.4 Å². The van der Waals surface area contributed by atoms with E-state index in [1.54, 1.807) is 7.05 Å². The molecule has 0 aliphatic carbocycles. The molecule has 2 aromatic rings. The SMILES string of the molecule is CNC1=C(C(C)=O)C(C(Cl)(Cl)Cl)=[NH+][B-](c2ccccc2)(c2ccccc2)O1. The summed E-state index contributed by atoms with van der Waals surface area (Å²) in [5, 5.41) is 2.95. The first-order valence-electron chi connectivity index (χ1n) is 8.40. The molecular weight excluding hydrogens is 405 g/mol. The van der Waals surface area contributed by atoms with Crippen molar-refractivity contribution in [3.05, 3.63) is 72.1 Å². The highest BCUT2D eigenvalue weighted by atomic mass is 35.6. The highest BCUT2D eigenvalue weighted by Gasteiger charge is 2.50. The standard InChI is InChI=1S/C19H18BCl3N2O2/c1-13(26)16-17(19(21,22)23)25-20(27-18(16)24-2,14-9-5-3-6-10-14)15-11-7-4-8-12-15/h3-12,24-25H,1-2H3. The highest BCUT2D eigenvalue weighted by molar-refractivity contribution is 6.92. The Balaban J connectivity index is 2.36. The number of benzene rings is 2. The van der Waals surface area contributed by atoms with Crippen molar-refractivity contribution in [1.29, 1.82) is 0 Å². The molecule has 0 aromatic heterocycles. The van der Waals surface area contributed by atoms with Gasteiger partial charge in [0.05, 0.1) is 0 Å². The lowest BCUT2D eigenvalue weighted by molar-refractivity contribution is -0.325. The maximum atomic E-state index is 12.3. The van der Waals surface area contributed by atoms with Gasteiger partial charge in [-0.2, -0.15) is 0 Å². The molecule has 0 amide bonds. The number of allylic oxidation sites excluding steroid dienone is 1. The molecule has 1 heterocycles. The molecule has 4 nitrogen and oxygen atoms in total. The van der Waals surface area contributed by atoms with Gasteiger partial charge in [-0.15, -0.1) is 0 Å². The van der Waals surface area contributed by atoms with Crippen molar-refractivity contribution < 1.29 is 14.4 Å². The molecule has 2 aromatic carbocycles. The summed E-state index contributed by atoms with van der Waals surface area (Å²) < 4.78 is 4.55. The van der Waals surface area contributed by atoms with Crippen molar-refractivity contribution in [2.75, 3.05) is 7.05 Å². The fourth-order valence-corrected chi connectivity index (χ4v) is 3.79. The van der Waals surface area contributed by atoms with Crippen molar-refractivity contribution in [2.24, 2.45) is 0 Å². The average molecular weight is 424 g/mol. The third-order valence-corrected chi connectivity index (χ3v) is 5.09. The van der Waals surface area contributed by atoms with E-state index in [0.717, 1.165) is 10.9 Å². The molecular formula is C19H18BCl3N2O2. The summed E-state index contributed by atoms with van der Waals surface area (Å²) in [5.41, 5.74) is 2.07. The molecule has 140 valence electrons. The predicted octanol–water partition coefficient (Wildman–Crippen LogP) is 1.18. The minimum atomic E-state index is -2.04. The predicted molar refractivity (Wildman–Crippen MR) is 112 cm³/mol. The van der Waals surface area contributed by atoms with Crippen LogP contribution in [0.1, 0.15) is 6.92 Å².